The third-order valence-electron chi connectivity index (χ3n) is 11.4. The van der Waals surface area contributed by atoms with Gasteiger partial charge in [-0.15, -0.1) is 0 Å². The van der Waals surface area contributed by atoms with Crippen LogP contribution in [0.2, 0.25) is 0 Å². The molecule has 2 aromatic carbocycles. The number of nitrogens with one attached hydrogen (secondary N) is 4. The average molecular weight is 811 g/mol. The number of rotatable bonds is 10. The summed E-state index contributed by atoms with van der Waals surface area (Å²) in [4.78, 5) is 71.4. The standard InChI is InChI=1S/C43H54N8O8/c1-24(2)36(48-42(54)56-5)40(52)50-16-7-10-32(50)38-44-22-30(46-38)26-12-14-28-29-15-13-27(21-35(29)59-19-9-18-58-34(28)20-26)31-23-45-39(47-31)33-11-8-17-51(33)41(53)37(25(3)4)49-43(55)57-6/h12-15,20-25,32-33,36-37H,7-11,16-19H2,1-6H3,(H,44,46)(H,45,47)(H,48,54)(H,49,55)/t32-,33-,36-,37-/m0/s1. The third kappa shape index (κ3) is 8.71. The number of alkyl carbamates (subject to hydrolysis) is 2. The van der Waals surface area contributed by atoms with E-state index in [1.54, 1.807) is 22.2 Å². The highest BCUT2D eigenvalue weighted by atomic mass is 16.5. The highest BCUT2D eigenvalue weighted by Gasteiger charge is 2.39. The van der Waals surface area contributed by atoms with E-state index in [0.29, 0.717) is 55.9 Å². The number of imidazole rings is 2. The van der Waals surface area contributed by atoms with Gasteiger partial charge in [0.05, 0.1) is 63.3 Å². The number of ether oxygens (including phenoxy) is 4. The Kier molecular flexibility index (Phi) is 12.4. The first-order valence-electron chi connectivity index (χ1n) is 20.4. The summed E-state index contributed by atoms with van der Waals surface area (Å²) in [5.41, 5.74) is 5.12. The SMILES string of the molecule is COC(=O)N[C@H](C(=O)N1CCC[C@H]1c1ncc(-c2ccc3c(c2)OCCCOc2cc(-c4cnc([C@@H]5CCCN5C(=O)[C@@H](NC(=O)OC)C(C)C)[nH]4)ccc2-3)[nH]1)C(C)C. The van der Waals surface area contributed by atoms with Crippen molar-refractivity contribution >= 4 is 24.0 Å². The van der Waals surface area contributed by atoms with E-state index in [1.165, 1.54) is 14.2 Å². The molecule has 314 valence electrons. The average Bonchev–Trinajstić information content (AvgIpc) is 4.07. The van der Waals surface area contributed by atoms with Crippen molar-refractivity contribution in [1.29, 1.82) is 0 Å². The Morgan fingerprint density at radius 2 is 1.10 bits per heavy atom. The number of aromatic nitrogens is 4. The minimum atomic E-state index is -0.714. The Morgan fingerprint density at radius 3 is 1.49 bits per heavy atom. The number of hydrogen-bond acceptors (Lipinski definition) is 10. The van der Waals surface area contributed by atoms with Gasteiger partial charge in [-0.3, -0.25) is 9.59 Å². The van der Waals surface area contributed by atoms with E-state index in [0.717, 1.165) is 59.3 Å². The van der Waals surface area contributed by atoms with E-state index in [-0.39, 0.29) is 35.7 Å². The summed E-state index contributed by atoms with van der Waals surface area (Å²) in [6.07, 6.45) is 6.12. The fraction of sp³-hybridized carbons (Fsp3) is 0.488. The summed E-state index contributed by atoms with van der Waals surface area (Å²) in [6.45, 7) is 9.65. The Hall–Kier alpha value is -6.06. The molecule has 4 atom stereocenters. The number of fused-ring (bicyclic) bond motifs is 3. The summed E-state index contributed by atoms with van der Waals surface area (Å²) in [5, 5.41) is 5.40. The fourth-order valence-electron chi connectivity index (χ4n) is 8.18. The summed E-state index contributed by atoms with van der Waals surface area (Å²) in [5.74, 6) is 2.22. The fourth-order valence-corrected chi connectivity index (χ4v) is 8.18. The third-order valence-corrected chi connectivity index (χ3v) is 11.4. The molecule has 0 aliphatic carbocycles. The number of likely N-dealkylation sites (tertiary alicyclic amines) is 2. The molecule has 3 aliphatic heterocycles. The molecule has 0 unspecified atom stereocenters. The van der Waals surface area contributed by atoms with E-state index < -0.39 is 24.3 Å². The van der Waals surface area contributed by atoms with Crippen LogP contribution < -0.4 is 20.1 Å². The molecule has 2 saturated heterocycles. The highest BCUT2D eigenvalue weighted by molar-refractivity contribution is 5.87. The number of nitrogens with zero attached hydrogens (tertiary/aromatic N) is 4. The van der Waals surface area contributed by atoms with Gasteiger partial charge in [0.25, 0.3) is 0 Å². The lowest BCUT2D eigenvalue weighted by molar-refractivity contribution is -0.136. The molecule has 7 rings (SSSR count). The van der Waals surface area contributed by atoms with Crippen LogP contribution in [0.15, 0.2) is 48.8 Å². The molecule has 4 aromatic rings. The van der Waals surface area contributed by atoms with Crippen LogP contribution in [0, 0.1) is 11.8 Å². The van der Waals surface area contributed by atoms with Gasteiger partial charge in [0.1, 0.15) is 35.2 Å². The molecule has 0 bridgehead atoms. The van der Waals surface area contributed by atoms with E-state index >= 15 is 0 Å². The van der Waals surface area contributed by atoms with Gasteiger partial charge in [-0.25, -0.2) is 19.6 Å². The van der Waals surface area contributed by atoms with Crippen molar-refractivity contribution in [2.24, 2.45) is 11.8 Å². The van der Waals surface area contributed by atoms with Gasteiger partial charge in [-0.2, -0.15) is 0 Å². The molecule has 4 N–H and O–H groups in total. The maximum absolute atomic E-state index is 13.7. The number of H-pyrrole nitrogens is 2. The van der Waals surface area contributed by atoms with Crippen LogP contribution in [0.4, 0.5) is 9.59 Å². The molecular weight excluding hydrogens is 757 g/mol. The molecule has 16 heteroatoms. The highest BCUT2D eigenvalue weighted by Crippen LogP contribution is 2.42. The van der Waals surface area contributed by atoms with Crippen LogP contribution in [0.5, 0.6) is 11.5 Å². The number of hydrogen-bond donors (Lipinski definition) is 4. The zero-order valence-corrected chi connectivity index (χ0v) is 34.5. The van der Waals surface area contributed by atoms with Crippen molar-refractivity contribution in [3.8, 4) is 45.1 Å². The molecule has 59 heavy (non-hydrogen) atoms. The van der Waals surface area contributed by atoms with Crippen molar-refractivity contribution in [2.45, 2.75) is 84.0 Å². The van der Waals surface area contributed by atoms with Gasteiger partial charge in [0.15, 0.2) is 0 Å². The first-order valence-corrected chi connectivity index (χ1v) is 20.4. The van der Waals surface area contributed by atoms with Crippen molar-refractivity contribution in [2.75, 3.05) is 40.5 Å². The number of amides is 4. The van der Waals surface area contributed by atoms with Crippen molar-refractivity contribution in [3.63, 3.8) is 0 Å². The Bertz CT molecular complexity index is 2010. The second-order valence-corrected chi connectivity index (χ2v) is 15.9. The van der Waals surface area contributed by atoms with E-state index in [4.69, 9.17) is 28.9 Å². The second-order valence-electron chi connectivity index (χ2n) is 15.9. The van der Waals surface area contributed by atoms with E-state index in [2.05, 4.69) is 20.6 Å². The molecule has 0 saturated carbocycles. The lowest BCUT2D eigenvalue weighted by atomic mass is 9.98. The van der Waals surface area contributed by atoms with Crippen LogP contribution in [0.25, 0.3) is 33.6 Å². The maximum atomic E-state index is 13.7. The quantitative estimate of drug-likeness (QED) is 0.140. The zero-order valence-electron chi connectivity index (χ0n) is 34.5. The van der Waals surface area contributed by atoms with Gasteiger partial charge in [0.2, 0.25) is 11.8 Å². The van der Waals surface area contributed by atoms with Gasteiger partial charge >= 0.3 is 12.2 Å². The van der Waals surface area contributed by atoms with Crippen LogP contribution in [0.3, 0.4) is 0 Å². The zero-order chi connectivity index (χ0) is 41.8. The Balaban J connectivity index is 1.10. The molecule has 0 radical (unpaired) electrons. The molecule has 5 heterocycles. The maximum Gasteiger partial charge on any atom is 0.407 e. The predicted octanol–water partition coefficient (Wildman–Crippen LogP) is 6.38. The molecular formula is C43H54N8O8. The molecule has 0 spiro atoms. The number of carbonyl (C=O) groups excluding carboxylic acids is 4. The van der Waals surface area contributed by atoms with E-state index in [9.17, 15) is 19.2 Å². The first kappa shape index (κ1) is 41.1. The summed E-state index contributed by atoms with van der Waals surface area (Å²) >= 11 is 0. The smallest absolute Gasteiger partial charge is 0.407 e. The topological polar surface area (TPSA) is 193 Å². The van der Waals surface area contributed by atoms with Crippen LogP contribution >= 0.6 is 0 Å². The normalized spacial score (nSPS) is 18.7. The van der Waals surface area contributed by atoms with Crippen molar-refractivity contribution < 1.29 is 38.1 Å². The Labute approximate surface area is 343 Å². The van der Waals surface area contributed by atoms with Crippen LogP contribution in [-0.4, -0.2) is 106 Å². The molecule has 2 aromatic heterocycles. The monoisotopic (exact) mass is 810 g/mol. The number of carbonyl (C=O) groups is 4. The van der Waals surface area contributed by atoms with Gasteiger partial charge < -0.3 is 49.3 Å². The summed E-state index contributed by atoms with van der Waals surface area (Å²) in [7, 11) is 2.57. The second kappa shape index (κ2) is 17.8. The minimum Gasteiger partial charge on any atom is -0.493 e. The largest absolute Gasteiger partial charge is 0.493 e. The minimum absolute atomic E-state index is 0.127. The molecule has 3 aliphatic rings. The van der Waals surface area contributed by atoms with E-state index in [1.807, 2.05) is 64.1 Å². The van der Waals surface area contributed by atoms with Crippen LogP contribution in [0.1, 0.15) is 83.5 Å². The van der Waals surface area contributed by atoms with Gasteiger partial charge in [-0.1, -0.05) is 39.8 Å². The van der Waals surface area contributed by atoms with Gasteiger partial charge in [0, 0.05) is 41.8 Å². The van der Waals surface area contributed by atoms with Gasteiger partial charge in [-0.05, 0) is 61.8 Å². The lowest BCUT2D eigenvalue weighted by Crippen LogP contribution is -2.51. The molecule has 16 nitrogen and oxygen atoms in total. The first-order chi connectivity index (χ1) is 28.5. The molecule has 4 amide bonds. The number of benzene rings is 2. The summed E-state index contributed by atoms with van der Waals surface area (Å²) < 4.78 is 22.2. The predicted molar refractivity (Wildman–Crippen MR) is 218 cm³/mol. The Morgan fingerprint density at radius 1 is 0.678 bits per heavy atom. The summed E-state index contributed by atoms with van der Waals surface area (Å²) in [6, 6.07) is 10.2. The molecule has 2 fully saturated rings. The van der Waals surface area contributed by atoms with Crippen LogP contribution in [-0.2, 0) is 19.1 Å². The lowest BCUT2D eigenvalue weighted by Gasteiger charge is -2.30. The van der Waals surface area contributed by atoms with Crippen molar-refractivity contribution in [1.82, 2.24) is 40.4 Å². The number of aromatic amines is 2. The van der Waals surface area contributed by atoms with Crippen molar-refractivity contribution in [3.05, 3.63) is 60.4 Å². The number of methoxy groups -OCH3 is 2.